The number of ether oxygens (including phenoxy) is 2. The molecule has 7 heteroatoms. The van der Waals surface area contributed by atoms with Crippen LogP contribution in [0.25, 0.3) is 10.8 Å². The Morgan fingerprint density at radius 2 is 1.76 bits per heavy atom. The van der Waals surface area contributed by atoms with Crippen molar-refractivity contribution in [1.29, 1.82) is 0 Å². The van der Waals surface area contributed by atoms with Gasteiger partial charge in [0, 0.05) is 4.47 Å². The van der Waals surface area contributed by atoms with Crippen molar-refractivity contribution in [3.05, 3.63) is 70.7 Å². The molecule has 0 aliphatic carbocycles. The predicted octanol–water partition coefficient (Wildman–Crippen LogP) is 4.23. The molecule has 3 aromatic rings. The Bertz CT molecular complexity index is 1040. The lowest BCUT2D eigenvalue weighted by atomic mass is 10.1. The molecule has 29 heavy (non-hydrogen) atoms. The maximum absolute atomic E-state index is 12.5. The van der Waals surface area contributed by atoms with Crippen molar-refractivity contribution in [2.24, 2.45) is 0 Å². The first-order chi connectivity index (χ1) is 14.0. The van der Waals surface area contributed by atoms with E-state index in [1.165, 1.54) is 0 Å². The van der Waals surface area contributed by atoms with Crippen LogP contribution >= 0.6 is 15.9 Å². The van der Waals surface area contributed by atoms with Gasteiger partial charge in [-0.05, 0) is 55.0 Å². The molecule has 2 amide bonds. The van der Waals surface area contributed by atoms with E-state index in [1.54, 1.807) is 31.2 Å². The van der Waals surface area contributed by atoms with Gasteiger partial charge in [-0.2, -0.15) is 0 Å². The van der Waals surface area contributed by atoms with Crippen LogP contribution in [0.5, 0.6) is 11.5 Å². The summed E-state index contributed by atoms with van der Waals surface area (Å²) in [6.07, 6.45) is -0.801. The first-order valence-electron chi connectivity index (χ1n) is 9.16. The highest BCUT2D eigenvalue weighted by molar-refractivity contribution is 9.10. The molecule has 0 spiro atoms. The molecule has 0 saturated heterocycles. The van der Waals surface area contributed by atoms with Gasteiger partial charge in [0.05, 0.1) is 12.2 Å². The van der Waals surface area contributed by atoms with E-state index in [-0.39, 0.29) is 0 Å². The predicted molar refractivity (Wildman–Crippen MR) is 115 cm³/mol. The van der Waals surface area contributed by atoms with Gasteiger partial charge in [-0.3, -0.25) is 20.4 Å². The van der Waals surface area contributed by atoms with Crippen LogP contribution < -0.4 is 20.3 Å². The fourth-order valence-electron chi connectivity index (χ4n) is 2.75. The largest absolute Gasteiger partial charge is 0.493 e. The number of fused-ring (bicyclic) bond motifs is 1. The van der Waals surface area contributed by atoms with Crippen molar-refractivity contribution in [2.45, 2.75) is 20.0 Å². The second kappa shape index (κ2) is 9.43. The number of benzene rings is 3. The highest BCUT2D eigenvalue weighted by Crippen LogP contribution is 2.23. The minimum absolute atomic E-state index is 0.310. The number of hydrazine groups is 1. The molecule has 0 bridgehead atoms. The molecule has 6 nitrogen and oxygen atoms in total. The Kier molecular flexibility index (Phi) is 6.72. The average molecular weight is 457 g/mol. The van der Waals surface area contributed by atoms with Gasteiger partial charge in [0.25, 0.3) is 11.8 Å². The molecule has 3 aromatic carbocycles. The zero-order chi connectivity index (χ0) is 20.8. The smallest absolute Gasteiger partial charge is 0.279 e. The normalized spacial score (nSPS) is 11.6. The molecule has 2 N–H and O–H groups in total. The van der Waals surface area contributed by atoms with Crippen molar-refractivity contribution in [3.8, 4) is 11.5 Å². The molecule has 0 heterocycles. The quantitative estimate of drug-likeness (QED) is 0.544. The van der Waals surface area contributed by atoms with Crippen molar-refractivity contribution in [2.75, 3.05) is 6.61 Å². The minimum Gasteiger partial charge on any atom is -0.493 e. The van der Waals surface area contributed by atoms with E-state index < -0.39 is 17.9 Å². The van der Waals surface area contributed by atoms with Crippen LogP contribution in [-0.4, -0.2) is 24.5 Å². The first-order valence-corrected chi connectivity index (χ1v) is 9.95. The van der Waals surface area contributed by atoms with Gasteiger partial charge in [0.2, 0.25) is 0 Å². The lowest BCUT2D eigenvalue weighted by Crippen LogP contribution is -2.47. The Morgan fingerprint density at radius 1 is 1.00 bits per heavy atom. The molecule has 0 fully saturated rings. The molecule has 1 atom stereocenters. The molecular weight excluding hydrogens is 436 g/mol. The van der Waals surface area contributed by atoms with Gasteiger partial charge in [-0.1, -0.05) is 46.3 Å². The van der Waals surface area contributed by atoms with E-state index in [0.29, 0.717) is 23.7 Å². The van der Waals surface area contributed by atoms with Crippen LogP contribution in [0.15, 0.2) is 65.1 Å². The van der Waals surface area contributed by atoms with Crippen LogP contribution in [0.4, 0.5) is 0 Å². The van der Waals surface area contributed by atoms with Gasteiger partial charge < -0.3 is 9.47 Å². The molecule has 1 unspecified atom stereocenters. The Balaban J connectivity index is 1.61. The number of nitrogens with one attached hydrogen (secondary N) is 2. The number of amides is 2. The highest BCUT2D eigenvalue weighted by atomic mass is 79.9. The van der Waals surface area contributed by atoms with E-state index in [1.807, 2.05) is 43.3 Å². The Hall–Kier alpha value is -3.06. The molecule has 3 rings (SSSR count). The SMILES string of the molecule is CCOc1ccc(Br)cc1C(=O)NNC(=O)C(C)Oc1ccc2ccccc2c1. The fraction of sp³-hybridized carbons (Fsp3) is 0.182. The van der Waals surface area contributed by atoms with Gasteiger partial charge >= 0.3 is 0 Å². The van der Waals surface area contributed by atoms with E-state index >= 15 is 0 Å². The number of halogens is 1. The summed E-state index contributed by atoms with van der Waals surface area (Å²) in [5, 5.41) is 2.10. The topological polar surface area (TPSA) is 76.7 Å². The van der Waals surface area contributed by atoms with E-state index in [0.717, 1.165) is 15.2 Å². The first kappa shape index (κ1) is 20.7. The third kappa shape index (κ3) is 5.26. The van der Waals surface area contributed by atoms with Crippen molar-refractivity contribution < 1.29 is 19.1 Å². The van der Waals surface area contributed by atoms with Crippen LogP contribution in [0.3, 0.4) is 0 Å². The second-order valence-electron chi connectivity index (χ2n) is 6.29. The third-order valence-electron chi connectivity index (χ3n) is 4.19. The minimum atomic E-state index is -0.801. The number of hydrogen-bond acceptors (Lipinski definition) is 4. The maximum atomic E-state index is 12.5. The number of rotatable bonds is 6. The molecule has 0 radical (unpaired) electrons. The molecule has 0 saturated carbocycles. The molecule has 0 aromatic heterocycles. The summed E-state index contributed by atoms with van der Waals surface area (Å²) in [5.41, 5.74) is 5.10. The Morgan fingerprint density at radius 3 is 2.52 bits per heavy atom. The molecule has 0 aliphatic heterocycles. The molecule has 150 valence electrons. The summed E-state index contributed by atoms with van der Waals surface area (Å²) < 4.78 is 11.9. The maximum Gasteiger partial charge on any atom is 0.279 e. The van der Waals surface area contributed by atoms with E-state index in [4.69, 9.17) is 9.47 Å². The molecule has 0 aliphatic rings. The van der Waals surface area contributed by atoms with E-state index in [2.05, 4.69) is 26.8 Å². The summed E-state index contributed by atoms with van der Waals surface area (Å²) in [7, 11) is 0. The van der Waals surface area contributed by atoms with Crippen molar-refractivity contribution in [1.82, 2.24) is 10.9 Å². The third-order valence-corrected chi connectivity index (χ3v) is 4.68. The van der Waals surface area contributed by atoms with Crippen LogP contribution in [0, 0.1) is 0 Å². The van der Waals surface area contributed by atoms with Gasteiger partial charge in [0.15, 0.2) is 6.10 Å². The summed E-state index contributed by atoms with van der Waals surface area (Å²) in [6, 6.07) is 18.6. The van der Waals surface area contributed by atoms with Crippen LogP contribution in [-0.2, 0) is 4.79 Å². The van der Waals surface area contributed by atoms with Crippen LogP contribution in [0.2, 0.25) is 0 Å². The van der Waals surface area contributed by atoms with Gasteiger partial charge in [-0.25, -0.2) is 0 Å². The summed E-state index contributed by atoms with van der Waals surface area (Å²) in [5.74, 6) is 0.0479. The second-order valence-corrected chi connectivity index (χ2v) is 7.20. The highest BCUT2D eigenvalue weighted by Gasteiger charge is 2.18. The average Bonchev–Trinajstić information content (AvgIpc) is 2.73. The van der Waals surface area contributed by atoms with Crippen molar-refractivity contribution in [3.63, 3.8) is 0 Å². The lowest BCUT2D eigenvalue weighted by Gasteiger charge is -2.16. The standard InChI is InChI=1S/C22H21BrN2O4/c1-3-28-20-11-9-17(23)13-19(20)22(27)25-24-21(26)14(2)29-18-10-8-15-6-4-5-7-16(15)12-18/h4-14H,3H2,1-2H3,(H,24,26)(H,25,27). The van der Waals surface area contributed by atoms with Gasteiger partial charge in [-0.15, -0.1) is 0 Å². The summed E-state index contributed by atoms with van der Waals surface area (Å²) in [6.45, 7) is 3.86. The summed E-state index contributed by atoms with van der Waals surface area (Å²) >= 11 is 3.33. The lowest BCUT2D eigenvalue weighted by molar-refractivity contribution is -0.128. The number of carbonyl (C=O) groups excluding carboxylic acids is 2. The summed E-state index contributed by atoms with van der Waals surface area (Å²) in [4.78, 5) is 24.8. The van der Waals surface area contributed by atoms with Crippen molar-refractivity contribution >= 4 is 38.5 Å². The number of carbonyl (C=O) groups is 2. The number of hydrogen-bond donors (Lipinski definition) is 2. The Labute approximate surface area is 177 Å². The van der Waals surface area contributed by atoms with E-state index in [9.17, 15) is 9.59 Å². The zero-order valence-corrected chi connectivity index (χ0v) is 17.7. The van der Waals surface area contributed by atoms with Gasteiger partial charge in [0.1, 0.15) is 11.5 Å². The van der Waals surface area contributed by atoms with Crippen LogP contribution in [0.1, 0.15) is 24.2 Å². The zero-order valence-electron chi connectivity index (χ0n) is 16.1. The monoisotopic (exact) mass is 456 g/mol. The molecular formula is C22H21BrN2O4. The fourth-order valence-corrected chi connectivity index (χ4v) is 3.11.